The van der Waals surface area contributed by atoms with Crippen LogP contribution in [-0.2, 0) is 4.84 Å². The molecule has 0 aromatic carbocycles. The van der Waals surface area contributed by atoms with E-state index in [9.17, 15) is 13.2 Å². The Hall–Kier alpha value is 0.0300. The molecule has 0 heterocycles. The van der Waals surface area contributed by atoms with E-state index in [0.717, 1.165) is 5.54 Å². The van der Waals surface area contributed by atoms with E-state index in [4.69, 9.17) is 23.2 Å². The SMILES string of the molecule is FC(F)(F)CONCC(Cl)=CCl. The molecule has 0 bridgehead atoms. The average Bonchev–Trinajstić information content (AvgIpc) is 1.96. The predicted molar refractivity (Wildman–Crippen MR) is 39.8 cm³/mol. The maximum absolute atomic E-state index is 11.4. The fourth-order valence-corrected chi connectivity index (χ4v) is 0.423. The number of hydrogen-bond donors (Lipinski definition) is 1. The van der Waals surface area contributed by atoms with Gasteiger partial charge in [-0.25, -0.2) is 0 Å². The first kappa shape index (κ1) is 12.0. The minimum Gasteiger partial charge on any atom is -0.292 e. The van der Waals surface area contributed by atoms with E-state index < -0.39 is 12.8 Å². The van der Waals surface area contributed by atoms with E-state index >= 15 is 0 Å². The molecule has 0 amide bonds. The van der Waals surface area contributed by atoms with E-state index in [1.807, 2.05) is 5.48 Å². The van der Waals surface area contributed by atoms with E-state index in [1.54, 1.807) is 0 Å². The summed E-state index contributed by atoms with van der Waals surface area (Å²) in [6.45, 7) is -1.42. The number of halogens is 5. The van der Waals surface area contributed by atoms with Crippen molar-refractivity contribution in [3.63, 3.8) is 0 Å². The average molecular weight is 224 g/mol. The largest absolute Gasteiger partial charge is 0.413 e. The quantitative estimate of drug-likeness (QED) is 0.584. The van der Waals surface area contributed by atoms with Gasteiger partial charge in [0.05, 0.1) is 6.54 Å². The van der Waals surface area contributed by atoms with E-state index in [-0.39, 0.29) is 11.6 Å². The smallest absolute Gasteiger partial charge is 0.292 e. The lowest BCUT2D eigenvalue weighted by atomic mass is 10.6. The molecule has 0 aliphatic rings. The molecule has 0 saturated carbocycles. The van der Waals surface area contributed by atoms with Crippen molar-refractivity contribution in [2.24, 2.45) is 0 Å². The van der Waals surface area contributed by atoms with Gasteiger partial charge in [-0.1, -0.05) is 23.2 Å². The van der Waals surface area contributed by atoms with Gasteiger partial charge in [0.25, 0.3) is 0 Å². The van der Waals surface area contributed by atoms with Gasteiger partial charge in [-0.3, -0.25) is 4.84 Å². The third-order valence-corrected chi connectivity index (χ3v) is 1.32. The molecule has 0 saturated heterocycles. The van der Waals surface area contributed by atoms with Crippen molar-refractivity contribution in [1.29, 1.82) is 0 Å². The van der Waals surface area contributed by atoms with Gasteiger partial charge >= 0.3 is 6.18 Å². The Morgan fingerprint density at radius 3 is 2.50 bits per heavy atom. The highest BCUT2D eigenvalue weighted by atomic mass is 35.5. The molecule has 1 N–H and O–H groups in total. The van der Waals surface area contributed by atoms with Crippen molar-refractivity contribution in [3.8, 4) is 0 Å². The first-order chi connectivity index (χ1) is 5.45. The number of rotatable bonds is 4. The molecule has 0 rings (SSSR count). The standard InChI is InChI=1S/C5H6Cl2F3NO/c6-1-4(7)2-11-12-3-5(8,9)10/h1,11H,2-3H2. The maximum Gasteiger partial charge on any atom is 0.413 e. The van der Waals surface area contributed by atoms with Gasteiger partial charge in [-0.15, -0.1) is 0 Å². The van der Waals surface area contributed by atoms with Gasteiger partial charge in [0.1, 0.15) is 0 Å². The molecule has 0 aliphatic heterocycles. The Morgan fingerprint density at radius 1 is 1.50 bits per heavy atom. The van der Waals surface area contributed by atoms with Crippen molar-refractivity contribution in [2.45, 2.75) is 6.18 Å². The molecule has 12 heavy (non-hydrogen) atoms. The van der Waals surface area contributed by atoms with Crippen LogP contribution >= 0.6 is 23.2 Å². The lowest BCUT2D eigenvalue weighted by molar-refractivity contribution is -0.188. The Kier molecular flexibility index (Phi) is 5.65. The normalized spacial score (nSPS) is 13.6. The van der Waals surface area contributed by atoms with Gasteiger partial charge in [0.15, 0.2) is 6.61 Å². The molecule has 0 aromatic heterocycles. The van der Waals surface area contributed by atoms with Crippen LogP contribution in [0, 0.1) is 0 Å². The molecule has 72 valence electrons. The first-order valence-electron chi connectivity index (χ1n) is 2.82. The topological polar surface area (TPSA) is 21.3 Å². The van der Waals surface area contributed by atoms with Gasteiger partial charge in [0.2, 0.25) is 0 Å². The van der Waals surface area contributed by atoms with Crippen LogP contribution in [0.4, 0.5) is 13.2 Å². The van der Waals surface area contributed by atoms with Crippen molar-refractivity contribution in [3.05, 3.63) is 10.6 Å². The second-order valence-electron chi connectivity index (χ2n) is 1.78. The summed E-state index contributed by atoms with van der Waals surface area (Å²) in [5.74, 6) is 0. The fourth-order valence-electron chi connectivity index (χ4n) is 0.291. The molecule has 0 atom stereocenters. The Morgan fingerprint density at radius 2 is 2.08 bits per heavy atom. The summed E-state index contributed by atoms with van der Waals surface area (Å²) in [5, 5.41) is 0.166. The van der Waals surface area contributed by atoms with Crippen molar-refractivity contribution >= 4 is 23.2 Å². The summed E-state index contributed by atoms with van der Waals surface area (Å²) >= 11 is 10.4. The summed E-state index contributed by atoms with van der Waals surface area (Å²) in [4.78, 5) is 4.01. The number of alkyl halides is 3. The monoisotopic (exact) mass is 223 g/mol. The van der Waals surface area contributed by atoms with Gasteiger partial charge in [0, 0.05) is 10.6 Å². The zero-order valence-corrected chi connectivity index (χ0v) is 7.30. The second-order valence-corrected chi connectivity index (χ2v) is 2.48. The fraction of sp³-hybridized carbons (Fsp3) is 0.600. The molecule has 0 radical (unpaired) electrons. The molecule has 2 nitrogen and oxygen atoms in total. The molecular formula is C5H6Cl2F3NO. The summed E-state index contributed by atoms with van der Waals surface area (Å²) in [7, 11) is 0. The highest BCUT2D eigenvalue weighted by Gasteiger charge is 2.27. The predicted octanol–water partition coefficient (Wildman–Crippen LogP) is 2.39. The van der Waals surface area contributed by atoms with Crippen LogP contribution in [0.25, 0.3) is 0 Å². The highest BCUT2D eigenvalue weighted by molar-refractivity contribution is 6.36. The lowest BCUT2D eigenvalue weighted by Crippen LogP contribution is -2.25. The number of nitrogens with one attached hydrogen (secondary N) is 1. The molecule has 0 aliphatic carbocycles. The van der Waals surface area contributed by atoms with Crippen molar-refractivity contribution in [2.75, 3.05) is 13.2 Å². The molecule has 0 aromatic rings. The zero-order valence-electron chi connectivity index (χ0n) is 5.79. The molecular weight excluding hydrogens is 218 g/mol. The van der Waals surface area contributed by atoms with Crippen molar-refractivity contribution < 1.29 is 18.0 Å². The molecule has 0 unspecified atom stereocenters. The van der Waals surface area contributed by atoms with Crippen LogP contribution in [-0.4, -0.2) is 19.3 Å². The van der Waals surface area contributed by atoms with Crippen LogP contribution in [0.15, 0.2) is 10.6 Å². The highest BCUT2D eigenvalue weighted by Crippen LogP contribution is 2.13. The minimum atomic E-state index is -4.34. The van der Waals surface area contributed by atoms with Gasteiger partial charge < -0.3 is 0 Å². The van der Waals surface area contributed by atoms with Crippen LogP contribution < -0.4 is 5.48 Å². The lowest BCUT2D eigenvalue weighted by Gasteiger charge is -2.07. The van der Waals surface area contributed by atoms with Crippen LogP contribution in [0.3, 0.4) is 0 Å². The molecule has 0 fully saturated rings. The van der Waals surface area contributed by atoms with Crippen LogP contribution in [0.2, 0.25) is 0 Å². The Labute approximate surface area is 77.2 Å². The molecule has 0 spiro atoms. The van der Waals surface area contributed by atoms with Crippen LogP contribution in [0.1, 0.15) is 0 Å². The van der Waals surface area contributed by atoms with Crippen LogP contribution in [0.5, 0.6) is 0 Å². The zero-order chi connectivity index (χ0) is 9.61. The molecule has 7 heteroatoms. The summed E-state index contributed by atoms with van der Waals surface area (Å²) in [6, 6.07) is 0. The van der Waals surface area contributed by atoms with Crippen molar-refractivity contribution in [1.82, 2.24) is 5.48 Å². The minimum absolute atomic E-state index is 0.0544. The third-order valence-electron chi connectivity index (χ3n) is 0.697. The second kappa shape index (κ2) is 5.64. The van der Waals surface area contributed by atoms with Gasteiger partial charge in [-0.2, -0.15) is 18.7 Å². The summed E-state index contributed by atoms with van der Waals surface area (Å²) in [6.07, 6.45) is -4.34. The maximum atomic E-state index is 11.4. The third kappa shape index (κ3) is 8.13. The Bertz CT molecular complexity index is 159. The van der Waals surface area contributed by atoms with E-state index in [0.29, 0.717) is 0 Å². The summed E-state index contributed by atoms with van der Waals surface area (Å²) < 4.78 is 34.3. The first-order valence-corrected chi connectivity index (χ1v) is 3.63. The van der Waals surface area contributed by atoms with E-state index in [1.165, 1.54) is 0 Å². The summed E-state index contributed by atoms with van der Waals surface area (Å²) in [5.41, 5.74) is 3.02. The number of hydroxylamine groups is 1. The Balaban J connectivity index is 3.34. The number of hydrogen-bond acceptors (Lipinski definition) is 2. The van der Waals surface area contributed by atoms with E-state index in [2.05, 4.69) is 4.84 Å². The van der Waals surface area contributed by atoms with Gasteiger partial charge in [-0.05, 0) is 0 Å².